The summed E-state index contributed by atoms with van der Waals surface area (Å²) in [5, 5.41) is 0.379. The van der Waals surface area contributed by atoms with E-state index in [1.54, 1.807) is 6.20 Å². The first-order valence-corrected chi connectivity index (χ1v) is 5.86. The van der Waals surface area contributed by atoms with E-state index in [4.69, 9.17) is 10.5 Å². The first-order valence-electron chi connectivity index (χ1n) is 5.04. The van der Waals surface area contributed by atoms with Gasteiger partial charge in [-0.05, 0) is 23.8 Å². The summed E-state index contributed by atoms with van der Waals surface area (Å²) in [6.07, 6.45) is -3.22. The number of nitrogens with zero attached hydrogens (tertiary/aromatic N) is 1. The second-order valence-corrected chi connectivity index (χ2v) is 4.54. The molecule has 4 nitrogen and oxygen atoms in total. The minimum atomic E-state index is -4.76. The summed E-state index contributed by atoms with van der Waals surface area (Å²) < 4.78 is 45.3. The topological polar surface area (TPSA) is 57.4 Å². The van der Waals surface area contributed by atoms with Crippen molar-refractivity contribution in [2.75, 3.05) is 12.8 Å². The molecule has 0 radical (unpaired) electrons. The summed E-state index contributed by atoms with van der Waals surface area (Å²) in [7, 11) is 1.27. The van der Waals surface area contributed by atoms with Crippen molar-refractivity contribution in [2.45, 2.75) is 6.36 Å². The van der Waals surface area contributed by atoms with Crippen molar-refractivity contribution in [3.63, 3.8) is 0 Å². The molecule has 2 N–H and O–H groups in total. The van der Waals surface area contributed by atoms with Gasteiger partial charge >= 0.3 is 6.36 Å². The molecule has 1 heterocycles. The molecule has 19 heavy (non-hydrogen) atoms. The highest BCUT2D eigenvalue weighted by Crippen LogP contribution is 2.37. The van der Waals surface area contributed by atoms with Crippen LogP contribution in [-0.4, -0.2) is 18.5 Å². The van der Waals surface area contributed by atoms with E-state index >= 15 is 0 Å². The Hall–Kier alpha value is -1.96. The monoisotopic (exact) mass is 290 g/mol. The fourth-order valence-electron chi connectivity index (χ4n) is 1.45. The number of anilines is 1. The zero-order valence-corrected chi connectivity index (χ0v) is 10.5. The number of halogens is 3. The zero-order chi connectivity index (χ0) is 14.0. The first-order chi connectivity index (χ1) is 8.89. The molecule has 2 rings (SSSR count). The molecular weight excluding hydrogens is 281 g/mol. The standard InChI is InChI=1S/C11H9F3N2O2S/c1-17-8-4-6(9-5-16-10(15)19-9)2-3-7(8)18-11(12,13)14/h2-5H,1H3,(H2,15,16). The highest BCUT2D eigenvalue weighted by molar-refractivity contribution is 7.18. The molecule has 0 aliphatic carbocycles. The van der Waals surface area contributed by atoms with E-state index in [1.807, 2.05) is 0 Å². The lowest BCUT2D eigenvalue weighted by Gasteiger charge is -2.13. The van der Waals surface area contributed by atoms with Gasteiger partial charge in [0.2, 0.25) is 0 Å². The molecule has 1 aromatic carbocycles. The molecule has 0 amide bonds. The molecule has 1 aromatic heterocycles. The van der Waals surface area contributed by atoms with Crippen molar-refractivity contribution in [1.29, 1.82) is 0 Å². The minimum absolute atomic E-state index is 0.0122. The van der Waals surface area contributed by atoms with Gasteiger partial charge < -0.3 is 15.2 Å². The average molecular weight is 290 g/mol. The van der Waals surface area contributed by atoms with Gasteiger partial charge in [-0.15, -0.1) is 13.2 Å². The van der Waals surface area contributed by atoms with Crippen LogP contribution in [0.5, 0.6) is 11.5 Å². The van der Waals surface area contributed by atoms with Gasteiger partial charge in [0, 0.05) is 6.20 Å². The minimum Gasteiger partial charge on any atom is -0.493 e. The summed E-state index contributed by atoms with van der Waals surface area (Å²) in [6, 6.07) is 4.11. The molecule has 0 aliphatic rings. The van der Waals surface area contributed by atoms with Crippen LogP contribution in [0, 0.1) is 0 Å². The number of methoxy groups -OCH3 is 1. The number of benzene rings is 1. The van der Waals surface area contributed by atoms with Crippen molar-refractivity contribution in [3.05, 3.63) is 24.4 Å². The quantitative estimate of drug-likeness (QED) is 0.942. The summed E-state index contributed by atoms with van der Waals surface area (Å²) in [6.45, 7) is 0. The van der Waals surface area contributed by atoms with E-state index < -0.39 is 12.1 Å². The van der Waals surface area contributed by atoms with E-state index in [2.05, 4.69) is 9.72 Å². The highest BCUT2D eigenvalue weighted by atomic mass is 32.1. The SMILES string of the molecule is COc1cc(-c2cnc(N)s2)ccc1OC(F)(F)F. The Balaban J connectivity index is 2.36. The molecule has 102 valence electrons. The molecule has 0 saturated heterocycles. The molecule has 8 heteroatoms. The number of ether oxygens (including phenoxy) is 2. The molecule has 0 bridgehead atoms. The molecule has 0 atom stereocenters. The number of nitrogen functional groups attached to an aromatic ring is 1. The van der Waals surface area contributed by atoms with Crippen LogP contribution in [0.3, 0.4) is 0 Å². The normalized spacial score (nSPS) is 11.4. The maximum Gasteiger partial charge on any atom is 0.573 e. The van der Waals surface area contributed by atoms with Gasteiger partial charge in [0.1, 0.15) is 0 Å². The van der Waals surface area contributed by atoms with Gasteiger partial charge in [0.15, 0.2) is 16.6 Å². The number of hydrogen-bond donors (Lipinski definition) is 1. The summed E-state index contributed by atoms with van der Waals surface area (Å²) in [5.41, 5.74) is 6.16. The highest BCUT2D eigenvalue weighted by Gasteiger charge is 2.32. The largest absolute Gasteiger partial charge is 0.573 e. The van der Waals surface area contributed by atoms with Crippen LogP contribution in [0.4, 0.5) is 18.3 Å². The molecule has 0 fully saturated rings. The van der Waals surface area contributed by atoms with E-state index in [0.29, 0.717) is 10.7 Å². The Bertz CT molecular complexity index is 584. The van der Waals surface area contributed by atoms with Crippen LogP contribution >= 0.6 is 11.3 Å². The molecule has 0 aliphatic heterocycles. The molecule has 2 aromatic rings. The smallest absolute Gasteiger partial charge is 0.493 e. The van der Waals surface area contributed by atoms with E-state index in [1.165, 1.54) is 36.6 Å². The van der Waals surface area contributed by atoms with Crippen molar-refractivity contribution in [3.8, 4) is 21.9 Å². The van der Waals surface area contributed by atoms with Gasteiger partial charge in [-0.25, -0.2) is 4.98 Å². The van der Waals surface area contributed by atoms with Gasteiger partial charge in [-0.1, -0.05) is 11.3 Å². The predicted molar refractivity (Wildman–Crippen MR) is 65.2 cm³/mol. The Morgan fingerprint density at radius 1 is 1.26 bits per heavy atom. The van der Waals surface area contributed by atoms with Gasteiger partial charge in [-0.3, -0.25) is 0 Å². The van der Waals surface area contributed by atoms with Crippen molar-refractivity contribution in [1.82, 2.24) is 4.98 Å². The number of aromatic nitrogens is 1. The lowest BCUT2D eigenvalue weighted by Crippen LogP contribution is -2.17. The number of alkyl halides is 3. The lowest BCUT2D eigenvalue weighted by molar-refractivity contribution is -0.275. The van der Waals surface area contributed by atoms with Crippen LogP contribution in [0.25, 0.3) is 10.4 Å². The zero-order valence-electron chi connectivity index (χ0n) is 9.69. The van der Waals surface area contributed by atoms with E-state index in [9.17, 15) is 13.2 Å². The van der Waals surface area contributed by atoms with Crippen LogP contribution in [-0.2, 0) is 0 Å². The van der Waals surface area contributed by atoms with Gasteiger partial charge in [0.05, 0.1) is 12.0 Å². The molecule has 0 saturated carbocycles. The average Bonchev–Trinajstić information content (AvgIpc) is 2.74. The van der Waals surface area contributed by atoms with Crippen LogP contribution in [0.15, 0.2) is 24.4 Å². The molecular formula is C11H9F3N2O2S. The van der Waals surface area contributed by atoms with Crippen molar-refractivity contribution in [2.24, 2.45) is 0 Å². The summed E-state index contributed by atoms with van der Waals surface area (Å²) in [4.78, 5) is 4.61. The predicted octanol–water partition coefficient (Wildman–Crippen LogP) is 3.30. The third kappa shape index (κ3) is 3.28. The first kappa shape index (κ1) is 13.5. The fraction of sp³-hybridized carbons (Fsp3) is 0.182. The number of nitrogens with two attached hydrogens (primary N) is 1. The maximum atomic E-state index is 12.2. The molecule has 0 unspecified atom stereocenters. The number of hydrogen-bond acceptors (Lipinski definition) is 5. The maximum absolute atomic E-state index is 12.2. The third-order valence-electron chi connectivity index (χ3n) is 2.20. The number of thiazole rings is 1. The molecule has 0 spiro atoms. The number of rotatable bonds is 3. The third-order valence-corrected chi connectivity index (χ3v) is 3.07. The Kier molecular flexibility index (Phi) is 3.52. The van der Waals surface area contributed by atoms with Crippen LogP contribution < -0.4 is 15.2 Å². The Morgan fingerprint density at radius 3 is 2.53 bits per heavy atom. The Morgan fingerprint density at radius 2 is 2.00 bits per heavy atom. The van der Waals surface area contributed by atoms with Crippen molar-refractivity contribution >= 4 is 16.5 Å². The second kappa shape index (κ2) is 4.96. The summed E-state index contributed by atoms with van der Waals surface area (Å²) >= 11 is 1.23. The second-order valence-electron chi connectivity index (χ2n) is 3.48. The summed E-state index contributed by atoms with van der Waals surface area (Å²) in [5.74, 6) is -0.405. The van der Waals surface area contributed by atoms with Crippen molar-refractivity contribution < 1.29 is 22.6 Å². The van der Waals surface area contributed by atoms with E-state index in [0.717, 1.165) is 4.88 Å². The fourth-order valence-corrected chi connectivity index (χ4v) is 2.13. The lowest BCUT2D eigenvalue weighted by atomic mass is 10.2. The van der Waals surface area contributed by atoms with Crippen LogP contribution in [0.2, 0.25) is 0 Å². The van der Waals surface area contributed by atoms with Crippen LogP contribution in [0.1, 0.15) is 0 Å². The van der Waals surface area contributed by atoms with Gasteiger partial charge in [0.25, 0.3) is 0 Å². The van der Waals surface area contributed by atoms with Gasteiger partial charge in [-0.2, -0.15) is 0 Å². The Labute approximate surface area is 110 Å². The van der Waals surface area contributed by atoms with E-state index in [-0.39, 0.29) is 5.75 Å².